The molecule has 0 unspecified atom stereocenters. The molecule has 0 radical (unpaired) electrons. The zero-order chi connectivity index (χ0) is 10.8. The van der Waals surface area contributed by atoms with E-state index in [1.807, 2.05) is 0 Å². The number of halogens is 4. The Morgan fingerprint density at radius 1 is 1.36 bits per heavy atom. The van der Waals surface area contributed by atoms with Crippen molar-refractivity contribution < 1.29 is 18.0 Å². The van der Waals surface area contributed by atoms with Crippen molar-refractivity contribution >= 4 is 23.3 Å². The molecule has 0 saturated heterocycles. The van der Waals surface area contributed by atoms with Gasteiger partial charge in [0.25, 0.3) is 0 Å². The smallest absolute Gasteiger partial charge is 0.302 e. The standard InChI is InChI=1S/C6H3ClF3N3O/c7-3-1-12-4(2-11-3)13-5(14)6(8,9)10/h1-2H,(H,12,13,14). The topological polar surface area (TPSA) is 54.9 Å². The van der Waals surface area contributed by atoms with E-state index >= 15 is 0 Å². The Bertz CT molecular complexity index is 337. The summed E-state index contributed by atoms with van der Waals surface area (Å²) >= 11 is 5.33. The van der Waals surface area contributed by atoms with Crippen molar-refractivity contribution in [3.63, 3.8) is 0 Å². The molecule has 1 N–H and O–H groups in total. The van der Waals surface area contributed by atoms with Gasteiger partial charge >= 0.3 is 12.1 Å². The fourth-order valence-electron chi connectivity index (χ4n) is 0.564. The highest BCUT2D eigenvalue weighted by Gasteiger charge is 2.38. The van der Waals surface area contributed by atoms with Gasteiger partial charge in [0, 0.05) is 0 Å². The van der Waals surface area contributed by atoms with Crippen molar-refractivity contribution in [2.24, 2.45) is 0 Å². The number of alkyl halides is 3. The lowest BCUT2D eigenvalue weighted by atomic mass is 10.5. The van der Waals surface area contributed by atoms with Gasteiger partial charge in [0.1, 0.15) is 5.15 Å². The van der Waals surface area contributed by atoms with Gasteiger partial charge in [-0.1, -0.05) is 11.6 Å². The Kier molecular flexibility index (Phi) is 2.90. The van der Waals surface area contributed by atoms with Crippen LogP contribution in [0.25, 0.3) is 0 Å². The number of amides is 1. The van der Waals surface area contributed by atoms with Crippen molar-refractivity contribution in [3.8, 4) is 0 Å². The summed E-state index contributed by atoms with van der Waals surface area (Å²) in [6, 6.07) is 0. The Labute approximate surface area is 81.1 Å². The van der Waals surface area contributed by atoms with Crippen LogP contribution >= 0.6 is 11.6 Å². The molecular weight excluding hydrogens is 223 g/mol. The molecule has 0 aliphatic rings. The molecular formula is C6H3ClF3N3O. The van der Waals surface area contributed by atoms with Gasteiger partial charge in [-0.2, -0.15) is 13.2 Å². The summed E-state index contributed by atoms with van der Waals surface area (Å²) in [5.41, 5.74) is 0. The lowest BCUT2D eigenvalue weighted by Gasteiger charge is -2.05. The zero-order valence-corrected chi connectivity index (χ0v) is 7.23. The van der Waals surface area contributed by atoms with Crippen LogP contribution < -0.4 is 5.32 Å². The average molecular weight is 226 g/mol. The Hall–Kier alpha value is -1.37. The first-order valence-electron chi connectivity index (χ1n) is 3.25. The van der Waals surface area contributed by atoms with Crippen LogP contribution in [0.15, 0.2) is 12.4 Å². The Morgan fingerprint density at radius 2 is 2.00 bits per heavy atom. The van der Waals surface area contributed by atoms with Crippen LogP contribution in [0, 0.1) is 0 Å². The van der Waals surface area contributed by atoms with Gasteiger partial charge in [0.05, 0.1) is 12.4 Å². The number of nitrogens with zero attached hydrogens (tertiary/aromatic N) is 2. The van der Waals surface area contributed by atoms with E-state index < -0.39 is 12.1 Å². The number of carbonyl (C=O) groups excluding carboxylic acids is 1. The van der Waals surface area contributed by atoms with Gasteiger partial charge in [-0.05, 0) is 0 Å². The van der Waals surface area contributed by atoms with Crippen molar-refractivity contribution in [1.29, 1.82) is 0 Å². The number of carbonyl (C=O) groups is 1. The highest BCUT2D eigenvalue weighted by molar-refractivity contribution is 6.29. The quantitative estimate of drug-likeness (QED) is 0.790. The maximum atomic E-state index is 11.7. The summed E-state index contributed by atoms with van der Waals surface area (Å²) in [6.07, 6.45) is -3.00. The molecule has 0 aliphatic carbocycles. The highest BCUT2D eigenvalue weighted by atomic mass is 35.5. The third kappa shape index (κ3) is 2.84. The molecule has 0 fully saturated rings. The fourth-order valence-corrected chi connectivity index (χ4v) is 0.662. The van der Waals surface area contributed by atoms with E-state index in [2.05, 4.69) is 9.97 Å². The number of hydrogen-bond donors (Lipinski definition) is 1. The van der Waals surface area contributed by atoms with Crippen LogP contribution in [-0.4, -0.2) is 22.1 Å². The van der Waals surface area contributed by atoms with Gasteiger partial charge in [0.2, 0.25) is 0 Å². The molecule has 0 bridgehead atoms. The molecule has 1 rings (SSSR count). The third-order valence-electron chi connectivity index (χ3n) is 1.12. The molecule has 8 heteroatoms. The van der Waals surface area contributed by atoms with Crippen molar-refractivity contribution in [3.05, 3.63) is 17.5 Å². The van der Waals surface area contributed by atoms with Crippen LogP contribution in [0.4, 0.5) is 19.0 Å². The molecule has 0 saturated carbocycles. The molecule has 1 amide bonds. The molecule has 14 heavy (non-hydrogen) atoms. The molecule has 0 aliphatic heterocycles. The number of rotatable bonds is 1. The van der Waals surface area contributed by atoms with Gasteiger partial charge in [0.15, 0.2) is 5.82 Å². The van der Waals surface area contributed by atoms with E-state index in [0.29, 0.717) is 0 Å². The molecule has 76 valence electrons. The molecule has 1 aromatic heterocycles. The largest absolute Gasteiger partial charge is 0.471 e. The Morgan fingerprint density at radius 3 is 2.43 bits per heavy atom. The minimum atomic E-state index is -4.94. The summed E-state index contributed by atoms with van der Waals surface area (Å²) in [4.78, 5) is 17.2. The molecule has 0 spiro atoms. The zero-order valence-electron chi connectivity index (χ0n) is 6.47. The second kappa shape index (κ2) is 3.79. The average Bonchev–Trinajstić information content (AvgIpc) is 2.07. The normalized spacial score (nSPS) is 11.1. The number of nitrogens with one attached hydrogen (secondary N) is 1. The Balaban J connectivity index is 2.71. The summed E-state index contributed by atoms with van der Waals surface area (Å²) in [7, 11) is 0. The fraction of sp³-hybridized carbons (Fsp3) is 0.167. The second-order valence-corrected chi connectivity index (χ2v) is 2.56. The van der Waals surface area contributed by atoms with Crippen LogP contribution in [0.5, 0.6) is 0 Å². The summed E-state index contributed by atoms with van der Waals surface area (Å²) in [6.45, 7) is 0. The minimum Gasteiger partial charge on any atom is -0.302 e. The van der Waals surface area contributed by atoms with Crippen LogP contribution in [0.3, 0.4) is 0 Å². The molecule has 0 atom stereocenters. The van der Waals surface area contributed by atoms with E-state index in [4.69, 9.17) is 11.6 Å². The van der Waals surface area contributed by atoms with Crippen LogP contribution in [0.2, 0.25) is 5.15 Å². The van der Waals surface area contributed by atoms with Crippen molar-refractivity contribution in [2.45, 2.75) is 6.18 Å². The van der Waals surface area contributed by atoms with Crippen molar-refractivity contribution in [1.82, 2.24) is 9.97 Å². The second-order valence-electron chi connectivity index (χ2n) is 2.18. The maximum absolute atomic E-state index is 11.7. The van der Waals surface area contributed by atoms with E-state index in [9.17, 15) is 18.0 Å². The van der Waals surface area contributed by atoms with Crippen LogP contribution in [-0.2, 0) is 4.79 Å². The molecule has 1 heterocycles. The van der Waals surface area contributed by atoms with Gasteiger partial charge in [-0.15, -0.1) is 0 Å². The summed E-state index contributed by atoms with van der Waals surface area (Å²) in [5, 5.41) is 1.54. The number of anilines is 1. The third-order valence-corrected chi connectivity index (χ3v) is 1.31. The highest BCUT2D eigenvalue weighted by Crippen LogP contribution is 2.17. The maximum Gasteiger partial charge on any atom is 0.471 e. The number of aromatic nitrogens is 2. The van der Waals surface area contributed by atoms with Gasteiger partial charge in [-0.25, -0.2) is 9.97 Å². The van der Waals surface area contributed by atoms with E-state index in [0.717, 1.165) is 12.4 Å². The summed E-state index contributed by atoms with van der Waals surface area (Å²) in [5.74, 6) is -2.41. The first-order valence-corrected chi connectivity index (χ1v) is 3.63. The number of hydrogen-bond acceptors (Lipinski definition) is 3. The van der Waals surface area contributed by atoms with Crippen LogP contribution in [0.1, 0.15) is 0 Å². The van der Waals surface area contributed by atoms with Gasteiger partial charge < -0.3 is 5.32 Å². The first kappa shape index (κ1) is 10.7. The molecule has 0 aromatic carbocycles. The summed E-state index contributed by atoms with van der Waals surface area (Å²) < 4.78 is 35.2. The predicted molar refractivity (Wildman–Crippen MR) is 41.7 cm³/mol. The van der Waals surface area contributed by atoms with E-state index in [1.165, 1.54) is 5.32 Å². The monoisotopic (exact) mass is 225 g/mol. The van der Waals surface area contributed by atoms with E-state index in [1.54, 1.807) is 0 Å². The first-order chi connectivity index (χ1) is 6.39. The van der Waals surface area contributed by atoms with E-state index in [-0.39, 0.29) is 11.0 Å². The lowest BCUT2D eigenvalue weighted by Crippen LogP contribution is -2.30. The minimum absolute atomic E-state index is 0.0232. The molecule has 4 nitrogen and oxygen atoms in total. The molecule has 1 aromatic rings. The van der Waals surface area contributed by atoms with Gasteiger partial charge in [-0.3, -0.25) is 4.79 Å². The lowest BCUT2D eigenvalue weighted by molar-refractivity contribution is -0.167. The predicted octanol–water partition coefficient (Wildman–Crippen LogP) is 1.63. The van der Waals surface area contributed by atoms with Crippen molar-refractivity contribution in [2.75, 3.05) is 5.32 Å². The SMILES string of the molecule is O=C(Nc1cnc(Cl)cn1)C(F)(F)F.